The van der Waals surface area contributed by atoms with Crippen molar-refractivity contribution in [3.05, 3.63) is 84.2 Å². The summed E-state index contributed by atoms with van der Waals surface area (Å²) in [5.41, 5.74) is 0.434. The van der Waals surface area contributed by atoms with Gasteiger partial charge in [-0.25, -0.2) is 12.8 Å². The molecule has 0 aliphatic carbocycles. The predicted molar refractivity (Wildman–Crippen MR) is 151 cm³/mol. The average Bonchev–Trinajstić information content (AvgIpc) is 2.95. The van der Waals surface area contributed by atoms with Crippen molar-refractivity contribution in [2.45, 2.75) is 36.2 Å². The molecule has 0 heterocycles. The molecule has 0 spiro atoms. The van der Waals surface area contributed by atoms with Gasteiger partial charge in [0.2, 0.25) is 11.8 Å². The maximum absolute atomic E-state index is 14.5. The number of hydrogen-bond donors (Lipinski definition) is 1. The summed E-state index contributed by atoms with van der Waals surface area (Å²) in [5.74, 6) is -1.14. The summed E-state index contributed by atoms with van der Waals surface area (Å²) in [6, 6.07) is 17.6. The van der Waals surface area contributed by atoms with Gasteiger partial charge in [-0.3, -0.25) is 13.9 Å². The summed E-state index contributed by atoms with van der Waals surface area (Å²) in [6.07, 6.45) is 1.88. The average molecular weight is 574 g/mol. The third kappa shape index (κ3) is 7.30. The summed E-state index contributed by atoms with van der Waals surface area (Å²) in [7, 11) is -2.77. The second-order valence-electron chi connectivity index (χ2n) is 8.52. The van der Waals surface area contributed by atoms with E-state index in [4.69, 9.17) is 4.74 Å². The van der Waals surface area contributed by atoms with Gasteiger partial charge in [0.25, 0.3) is 10.0 Å². The van der Waals surface area contributed by atoms with Crippen molar-refractivity contribution in [3.63, 3.8) is 0 Å². The standard InChI is InChI=1S/C28H32FN3O5S2/c1-5-37-23-12-10-22(11-13-23)32(39(35,36)25-16-14-24(38-4)15-17-25)19-27(33)31(20(2)28(34)30-3)18-21-8-6-7-9-26(21)29/h6-17,20H,5,18-19H2,1-4H3,(H,30,34)/t20-/m1/s1. The number of carbonyl (C=O) groups is 2. The van der Waals surface area contributed by atoms with Crippen LogP contribution in [0, 0.1) is 5.82 Å². The molecule has 0 aliphatic heterocycles. The van der Waals surface area contributed by atoms with Gasteiger partial charge in [-0.2, -0.15) is 0 Å². The fourth-order valence-corrected chi connectivity index (χ4v) is 5.70. The van der Waals surface area contributed by atoms with Crippen LogP contribution in [0.1, 0.15) is 19.4 Å². The second-order valence-corrected chi connectivity index (χ2v) is 11.3. The molecule has 0 unspecified atom stereocenters. The first kappa shape index (κ1) is 30.0. The van der Waals surface area contributed by atoms with Crippen LogP contribution in [0.3, 0.4) is 0 Å². The van der Waals surface area contributed by atoms with Gasteiger partial charge in [0.1, 0.15) is 24.2 Å². The lowest BCUT2D eigenvalue weighted by molar-refractivity contribution is -0.139. The second kappa shape index (κ2) is 13.5. The molecule has 0 saturated carbocycles. The number of anilines is 1. The van der Waals surface area contributed by atoms with E-state index in [1.807, 2.05) is 13.2 Å². The van der Waals surface area contributed by atoms with Gasteiger partial charge in [-0.05, 0) is 74.7 Å². The minimum Gasteiger partial charge on any atom is -0.494 e. The van der Waals surface area contributed by atoms with Crippen molar-refractivity contribution in [2.24, 2.45) is 0 Å². The van der Waals surface area contributed by atoms with Crippen molar-refractivity contribution in [2.75, 3.05) is 30.8 Å². The molecule has 0 saturated heterocycles. The van der Waals surface area contributed by atoms with Crippen LogP contribution in [0.2, 0.25) is 0 Å². The van der Waals surface area contributed by atoms with Crippen LogP contribution in [-0.4, -0.2) is 57.6 Å². The molecule has 0 fully saturated rings. The molecule has 39 heavy (non-hydrogen) atoms. The Hall–Kier alpha value is -3.57. The van der Waals surface area contributed by atoms with E-state index >= 15 is 0 Å². The van der Waals surface area contributed by atoms with Crippen LogP contribution >= 0.6 is 11.8 Å². The number of amides is 2. The number of ether oxygens (including phenoxy) is 1. The van der Waals surface area contributed by atoms with Gasteiger partial charge in [0, 0.05) is 24.1 Å². The summed E-state index contributed by atoms with van der Waals surface area (Å²) >= 11 is 1.47. The smallest absolute Gasteiger partial charge is 0.264 e. The Balaban J connectivity index is 2.04. The molecule has 2 amide bonds. The molecular weight excluding hydrogens is 541 g/mol. The molecule has 0 radical (unpaired) electrons. The largest absolute Gasteiger partial charge is 0.494 e. The van der Waals surface area contributed by atoms with Crippen LogP contribution in [-0.2, 0) is 26.2 Å². The number of carbonyl (C=O) groups excluding carboxylic acids is 2. The summed E-state index contributed by atoms with van der Waals surface area (Å²) in [4.78, 5) is 28.3. The lowest BCUT2D eigenvalue weighted by Gasteiger charge is -2.32. The molecule has 8 nitrogen and oxygen atoms in total. The Labute approximate surface area is 233 Å². The highest BCUT2D eigenvalue weighted by Crippen LogP contribution is 2.28. The third-order valence-electron chi connectivity index (χ3n) is 6.07. The van der Waals surface area contributed by atoms with E-state index in [1.54, 1.807) is 42.5 Å². The first-order valence-electron chi connectivity index (χ1n) is 12.3. The van der Waals surface area contributed by atoms with Crippen molar-refractivity contribution in [1.82, 2.24) is 10.2 Å². The fraction of sp³-hybridized carbons (Fsp3) is 0.286. The van der Waals surface area contributed by atoms with E-state index in [0.717, 1.165) is 9.20 Å². The fourth-order valence-electron chi connectivity index (χ4n) is 3.88. The van der Waals surface area contributed by atoms with Gasteiger partial charge in [0.15, 0.2) is 0 Å². The summed E-state index contributed by atoms with van der Waals surface area (Å²) in [5, 5.41) is 2.50. The zero-order valence-electron chi connectivity index (χ0n) is 22.3. The minimum absolute atomic E-state index is 0.00184. The Morgan fingerprint density at radius 1 is 1.03 bits per heavy atom. The van der Waals surface area contributed by atoms with E-state index in [9.17, 15) is 22.4 Å². The number of nitrogens with one attached hydrogen (secondary N) is 1. The highest BCUT2D eigenvalue weighted by atomic mass is 32.2. The van der Waals surface area contributed by atoms with Crippen LogP contribution < -0.4 is 14.4 Å². The minimum atomic E-state index is -4.20. The quantitative estimate of drug-likeness (QED) is 0.325. The number of benzene rings is 3. The van der Waals surface area contributed by atoms with Gasteiger partial charge in [-0.1, -0.05) is 18.2 Å². The van der Waals surface area contributed by atoms with Crippen molar-refractivity contribution in [1.29, 1.82) is 0 Å². The SMILES string of the molecule is CCOc1ccc(N(CC(=O)N(Cc2ccccc2F)[C@H](C)C(=O)NC)S(=O)(=O)c2ccc(SC)cc2)cc1. The normalized spacial score (nSPS) is 11.9. The summed E-state index contributed by atoms with van der Waals surface area (Å²) < 4.78 is 48.7. The van der Waals surface area contributed by atoms with Gasteiger partial charge in [0.05, 0.1) is 17.2 Å². The zero-order valence-corrected chi connectivity index (χ0v) is 23.9. The first-order chi connectivity index (χ1) is 18.6. The Morgan fingerprint density at radius 2 is 1.67 bits per heavy atom. The van der Waals surface area contributed by atoms with E-state index in [2.05, 4.69) is 5.32 Å². The third-order valence-corrected chi connectivity index (χ3v) is 8.61. The molecule has 1 atom stereocenters. The molecule has 0 aliphatic rings. The predicted octanol–water partition coefficient (Wildman–Crippen LogP) is 4.30. The highest BCUT2D eigenvalue weighted by Gasteiger charge is 2.32. The van der Waals surface area contributed by atoms with Crippen LogP contribution in [0.5, 0.6) is 5.75 Å². The van der Waals surface area contributed by atoms with Crippen molar-refractivity contribution >= 4 is 39.3 Å². The number of hydrogen-bond acceptors (Lipinski definition) is 6. The van der Waals surface area contributed by atoms with Crippen LogP contribution in [0.25, 0.3) is 0 Å². The number of thioether (sulfide) groups is 1. The lowest BCUT2D eigenvalue weighted by atomic mass is 10.1. The van der Waals surface area contributed by atoms with E-state index < -0.39 is 40.2 Å². The van der Waals surface area contributed by atoms with E-state index in [0.29, 0.717) is 12.4 Å². The Kier molecular flexibility index (Phi) is 10.4. The topological polar surface area (TPSA) is 96.0 Å². The highest BCUT2D eigenvalue weighted by molar-refractivity contribution is 7.98. The molecule has 0 bridgehead atoms. The molecule has 0 aromatic heterocycles. The van der Waals surface area contributed by atoms with E-state index in [-0.39, 0.29) is 22.7 Å². The molecule has 11 heteroatoms. The number of rotatable bonds is 12. The lowest BCUT2D eigenvalue weighted by Crippen LogP contribution is -2.50. The van der Waals surface area contributed by atoms with Crippen LogP contribution in [0.4, 0.5) is 10.1 Å². The maximum Gasteiger partial charge on any atom is 0.264 e. The summed E-state index contributed by atoms with van der Waals surface area (Å²) in [6.45, 7) is 2.94. The number of sulfonamides is 1. The first-order valence-corrected chi connectivity index (χ1v) is 14.9. The van der Waals surface area contributed by atoms with Crippen molar-refractivity contribution < 1.29 is 27.1 Å². The van der Waals surface area contributed by atoms with Crippen molar-refractivity contribution in [3.8, 4) is 5.75 Å². The van der Waals surface area contributed by atoms with Crippen LogP contribution in [0.15, 0.2) is 82.6 Å². The van der Waals surface area contributed by atoms with Gasteiger partial charge >= 0.3 is 0 Å². The molecule has 3 aromatic rings. The number of likely N-dealkylation sites (N-methyl/N-ethyl adjacent to an activating group) is 1. The molecule has 208 valence electrons. The zero-order chi connectivity index (χ0) is 28.6. The van der Waals surface area contributed by atoms with Gasteiger partial charge in [-0.15, -0.1) is 11.8 Å². The van der Waals surface area contributed by atoms with Gasteiger partial charge < -0.3 is 15.0 Å². The molecular formula is C28H32FN3O5S2. The number of halogens is 1. The number of nitrogens with zero attached hydrogens (tertiary/aromatic N) is 2. The van der Waals surface area contributed by atoms with E-state index in [1.165, 1.54) is 61.0 Å². The monoisotopic (exact) mass is 573 g/mol. The molecule has 3 rings (SSSR count). The molecule has 3 aromatic carbocycles. The molecule has 1 N–H and O–H groups in total. The Morgan fingerprint density at radius 3 is 2.23 bits per heavy atom. The maximum atomic E-state index is 14.5. The Bertz CT molecular complexity index is 1380.